The molecule has 2 heterocycles. The van der Waals surface area contributed by atoms with E-state index in [9.17, 15) is 14.7 Å². The second kappa shape index (κ2) is 8.36. The first-order valence-electron chi connectivity index (χ1n) is 10.0. The summed E-state index contributed by atoms with van der Waals surface area (Å²) in [5.74, 6) is -1.71. The Kier molecular flexibility index (Phi) is 5.61. The standard InChI is InChI=1S/C25H21ClN2O3/c1-3-16-10-12-17(13-11-16)23(29)21-22(19-8-4-5-14-27-19)28(25(31)24(21)30)20-9-6-7-18(26)15(20)2/h4-14,22,29H,3H2,1-2H3/b23-21+. The van der Waals surface area contributed by atoms with Gasteiger partial charge in [-0.15, -0.1) is 0 Å². The summed E-state index contributed by atoms with van der Waals surface area (Å²) in [6.45, 7) is 3.82. The van der Waals surface area contributed by atoms with Gasteiger partial charge in [-0.1, -0.05) is 54.9 Å². The SMILES string of the molecule is CCc1ccc(/C(O)=C2\C(=O)C(=O)N(c3cccc(Cl)c3C)C2c2ccccn2)cc1. The minimum absolute atomic E-state index is 0.00678. The Morgan fingerprint density at radius 1 is 1.06 bits per heavy atom. The number of carbonyl (C=O) groups excluding carboxylic acids is 2. The molecule has 4 rings (SSSR count). The number of aliphatic hydroxyl groups is 1. The van der Waals surface area contributed by atoms with Crippen LogP contribution in [0.15, 0.2) is 72.4 Å². The number of hydrogen-bond donors (Lipinski definition) is 1. The van der Waals surface area contributed by atoms with Crippen molar-refractivity contribution in [2.45, 2.75) is 26.3 Å². The number of aliphatic hydroxyl groups excluding tert-OH is 1. The zero-order valence-electron chi connectivity index (χ0n) is 17.2. The van der Waals surface area contributed by atoms with Gasteiger partial charge in [0.1, 0.15) is 11.8 Å². The number of hydrogen-bond acceptors (Lipinski definition) is 4. The van der Waals surface area contributed by atoms with Gasteiger partial charge in [-0.25, -0.2) is 0 Å². The molecule has 5 nitrogen and oxygen atoms in total. The zero-order chi connectivity index (χ0) is 22.1. The van der Waals surface area contributed by atoms with Crippen LogP contribution in [0.25, 0.3) is 5.76 Å². The topological polar surface area (TPSA) is 70.5 Å². The van der Waals surface area contributed by atoms with E-state index in [1.165, 1.54) is 4.90 Å². The number of halogens is 1. The van der Waals surface area contributed by atoms with Gasteiger partial charge in [0.25, 0.3) is 11.7 Å². The van der Waals surface area contributed by atoms with E-state index in [0.29, 0.717) is 27.5 Å². The highest BCUT2D eigenvalue weighted by molar-refractivity contribution is 6.52. The Morgan fingerprint density at radius 3 is 2.45 bits per heavy atom. The van der Waals surface area contributed by atoms with E-state index in [1.54, 1.807) is 61.7 Å². The van der Waals surface area contributed by atoms with Crippen LogP contribution in [0.3, 0.4) is 0 Å². The number of Topliss-reactive ketones (excluding diaryl/α,β-unsaturated/α-hetero) is 1. The summed E-state index contributed by atoms with van der Waals surface area (Å²) in [5.41, 5.74) is 3.23. The Morgan fingerprint density at radius 2 is 1.81 bits per heavy atom. The average Bonchev–Trinajstić information content (AvgIpc) is 3.06. The fourth-order valence-electron chi connectivity index (χ4n) is 3.81. The number of ketones is 1. The maximum Gasteiger partial charge on any atom is 0.300 e. The second-order valence-corrected chi connectivity index (χ2v) is 7.77. The number of benzene rings is 2. The molecule has 0 aliphatic carbocycles. The molecule has 6 heteroatoms. The Hall–Kier alpha value is -3.44. The first kappa shape index (κ1) is 20.8. The minimum Gasteiger partial charge on any atom is -0.507 e. The Labute approximate surface area is 185 Å². The van der Waals surface area contributed by atoms with Gasteiger partial charge in [0, 0.05) is 22.5 Å². The molecule has 1 atom stereocenters. The van der Waals surface area contributed by atoms with E-state index in [2.05, 4.69) is 4.98 Å². The summed E-state index contributed by atoms with van der Waals surface area (Å²) in [7, 11) is 0. The van der Waals surface area contributed by atoms with Crippen molar-refractivity contribution in [2.75, 3.05) is 4.90 Å². The summed E-state index contributed by atoms with van der Waals surface area (Å²) in [4.78, 5) is 32.1. The Balaban J connectivity index is 1.95. The number of aryl methyl sites for hydroxylation is 1. The van der Waals surface area contributed by atoms with Gasteiger partial charge < -0.3 is 5.11 Å². The monoisotopic (exact) mass is 432 g/mol. The fraction of sp³-hybridized carbons (Fsp3) is 0.160. The molecule has 1 fully saturated rings. The number of anilines is 1. The third-order valence-corrected chi connectivity index (χ3v) is 5.96. The first-order valence-corrected chi connectivity index (χ1v) is 10.4. The molecule has 0 radical (unpaired) electrons. The van der Waals surface area contributed by atoms with E-state index >= 15 is 0 Å². The molecule has 1 aliphatic heterocycles. The fourth-order valence-corrected chi connectivity index (χ4v) is 3.98. The zero-order valence-corrected chi connectivity index (χ0v) is 17.9. The van der Waals surface area contributed by atoms with Gasteiger partial charge in [0.15, 0.2) is 0 Å². The molecule has 0 bridgehead atoms. The Bertz CT molecular complexity index is 1190. The van der Waals surface area contributed by atoms with Crippen LogP contribution in [0, 0.1) is 6.92 Å². The smallest absolute Gasteiger partial charge is 0.300 e. The molecule has 2 aromatic carbocycles. The summed E-state index contributed by atoms with van der Waals surface area (Å²) in [6.07, 6.45) is 2.45. The van der Waals surface area contributed by atoms with Crippen LogP contribution in [-0.2, 0) is 16.0 Å². The summed E-state index contributed by atoms with van der Waals surface area (Å²) in [6, 6.07) is 16.9. The lowest BCUT2D eigenvalue weighted by Gasteiger charge is -2.26. The molecule has 156 valence electrons. The quantitative estimate of drug-likeness (QED) is 0.348. The molecule has 1 aromatic heterocycles. The summed E-state index contributed by atoms with van der Waals surface area (Å²) < 4.78 is 0. The lowest BCUT2D eigenvalue weighted by Crippen LogP contribution is -2.30. The van der Waals surface area contributed by atoms with Gasteiger partial charge in [-0.2, -0.15) is 0 Å². The van der Waals surface area contributed by atoms with Crippen molar-refractivity contribution in [3.63, 3.8) is 0 Å². The molecule has 1 aliphatic rings. The summed E-state index contributed by atoms with van der Waals surface area (Å²) in [5, 5.41) is 11.6. The van der Waals surface area contributed by atoms with Crippen molar-refractivity contribution in [3.05, 3.63) is 99.8 Å². The lowest BCUT2D eigenvalue weighted by atomic mass is 9.97. The van der Waals surface area contributed by atoms with Crippen LogP contribution in [-0.4, -0.2) is 21.8 Å². The van der Waals surface area contributed by atoms with Gasteiger partial charge in [0.2, 0.25) is 0 Å². The number of amides is 1. The third kappa shape index (κ3) is 3.62. The molecule has 31 heavy (non-hydrogen) atoms. The number of carbonyl (C=O) groups is 2. The van der Waals surface area contributed by atoms with Crippen molar-refractivity contribution in [1.82, 2.24) is 4.98 Å². The number of pyridine rings is 1. The predicted molar refractivity (Wildman–Crippen MR) is 121 cm³/mol. The van der Waals surface area contributed by atoms with E-state index < -0.39 is 17.7 Å². The first-order chi connectivity index (χ1) is 14.9. The molecule has 1 N–H and O–H groups in total. The highest BCUT2D eigenvalue weighted by Gasteiger charge is 2.48. The number of rotatable bonds is 4. The van der Waals surface area contributed by atoms with Crippen LogP contribution in [0.5, 0.6) is 0 Å². The van der Waals surface area contributed by atoms with E-state index in [0.717, 1.165) is 12.0 Å². The van der Waals surface area contributed by atoms with Crippen molar-refractivity contribution in [2.24, 2.45) is 0 Å². The average molecular weight is 433 g/mol. The van der Waals surface area contributed by atoms with Crippen molar-refractivity contribution in [3.8, 4) is 0 Å². The molecule has 3 aromatic rings. The van der Waals surface area contributed by atoms with E-state index in [1.807, 2.05) is 19.1 Å². The highest BCUT2D eigenvalue weighted by Crippen LogP contribution is 2.43. The maximum absolute atomic E-state index is 13.2. The van der Waals surface area contributed by atoms with Crippen LogP contribution in [0.4, 0.5) is 5.69 Å². The normalized spacial score (nSPS) is 17.9. The minimum atomic E-state index is -0.871. The lowest BCUT2D eigenvalue weighted by molar-refractivity contribution is -0.132. The van der Waals surface area contributed by atoms with Crippen molar-refractivity contribution >= 4 is 34.7 Å². The molecule has 0 saturated carbocycles. The van der Waals surface area contributed by atoms with Gasteiger partial charge >= 0.3 is 0 Å². The summed E-state index contributed by atoms with van der Waals surface area (Å²) >= 11 is 6.29. The maximum atomic E-state index is 13.2. The molecular weight excluding hydrogens is 412 g/mol. The highest BCUT2D eigenvalue weighted by atomic mass is 35.5. The van der Waals surface area contributed by atoms with Crippen LogP contribution in [0.2, 0.25) is 5.02 Å². The molecule has 1 unspecified atom stereocenters. The molecular formula is C25H21ClN2O3. The van der Waals surface area contributed by atoms with Gasteiger partial charge in [-0.05, 0) is 48.7 Å². The largest absolute Gasteiger partial charge is 0.507 e. The van der Waals surface area contributed by atoms with Crippen LogP contribution >= 0.6 is 11.6 Å². The van der Waals surface area contributed by atoms with E-state index in [-0.39, 0.29) is 11.3 Å². The van der Waals surface area contributed by atoms with Crippen LogP contribution in [0.1, 0.15) is 35.3 Å². The van der Waals surface area contributed by atoms with E-state index in [4.69, 9.17) is 11.6 Å². The van der Waals surface area contributed by atoms with Crippen molar-refractivity contribution < 1.29 is 14.7 Å². The number of nitrogens with zero attached hydrogens (tertiary/aromatic N) is 2. The molecule has 1 amide bonds. The van der Waals surface area contributed by atoms with Gasteiger partial charge in [-0.3, -0.25) is 19.5 Å². The van der Waals surface area contributed by atoms with Crippen molar-refractivity contribution in [1.29, 1.82) is 0 Å². The van der Waals surface area contributed by atoms with Crippen LogP contribution < -0.4 is 4.90 Å². The third-order valence-electron chi connectivity index (χ3n) is 5.55. The number of aromatic nitrogens is 1. The second-order valence-electron chi connectivity index (χ2n) is 7.36. The predicted octanol–water partition coefficient (Wildman–Crippen LogP) is 5.23. The van der Waals surface area contributed by atoms with Gasteiger partial charge in [0.05, 0.1) is 11.3 Å². The molecule has 0 spiro atoms. The molecule has 1 saturated heterocycles.